The van der Waals surface area contributed by atoms with E-state index in [2.05, 4.69) is 15.6 Å². The lowest BCUT2D eigenvalue weighted by Crippen LogP contribution is -2.52. The lowest BCUT2D eigenvalue weighted by atomic mass is 10.0. The van der Waals surface area contributed by atoms with Crippen molar-refractivity contribution in [2.75, 3.05) is 5.32 Å². The van der Waals surface area contributed by atoms with Crippen LogP contribution in [0.3, 0.4) is 0 Å². The van der Waals surface area contributed by atoms with Gasteiger partial charge in [0.05, 0.1) is 0 Å². The molecule has 170 valence electrons. The zero-order chi connectivity index (χ0) is 23.7. The SMILES string of the molecule is CC.Cc1c(C(=O)Nc2ccc3c(c2)CN(C2CCC(=O)NC2=O)C3=O)[nH]c2ccccc12. The van der Waals surface area contributed by atoms with E-state index >= 15 is 0 Å². The molecule has 33 heavy (non-hydrogen) atoms. The Morgan fingerprint density at radius 2 is 1.85 bits per heavy atom. The van der Waals surface area contributed by atoms with Gasteiger partial charge in [0.2, 0.25) is 11.8 Å². The van der Waals surface area contributed by atoms with Crippen LogP contribution in [-0.2, 0) is 16.1 Å². The second kappa shape index (κ2) is 8.90. The largest absolute Gasteiger partial charge is 0.350 e. The van der Waals surface area contributed by atoms with E-state index in [9.17, 15) is 19.2 Å². The highest BCUT2D eigenvalue weighted by molar-refractivity contribution is 6.09. The normalized spacial score (nSPS) is 17.4. The number of fused-ring (bicyclic) bond motifs is 2. The van der Waals surface area contributed by atoms with Crippen molar-refractivity contribution >= 4 is 40.2 Å². The molecule has 0 spiro atoms. The van der Waals surface area contributed by atoms with E-state index in [-0.39, 0.29) is 30.7 Å². The minimum absolute atomic E-state index is 0.210. The van der Waals surface area contributed by atoms with Crippen molar-refractivity contribution in [3.8, 4) is 0 Å². The van der Waals surface area contributed by atoms with E-state index in [1.54, 1.807) is 18.2 Å². The van der Waals surface area contributed by atoms with Crippen LogP contribution in [0.15, 0.2) is 42.5 Å². The molecule has 3 N–H and O–H groups in total. The van der Waals surface area contributed by atoms with E-state index < -0.39 is 11.9 Å². The Morgan fingerprint density at radius 1 is 1.09 bits per heavy atom. The van der Waals surface area contributed by atoms with Crippen molar-refractivity contribution in [3.63, 3.8) is 0 Å². The number of amides is 4. The van der Waals surface area contributed by atoms with Gasteiger partial charge in [-0.15, -0.1) is 0 Å². The number of imide groups is 1. The second-order valence-electron chi connectivity index (χ2n) is 7.90. The average molecular weight is 447 g/mol. The number of H-pyrrole nitrogens is 1. The van der Waals surface area contributed by atoms with E-state index in [0.29, 0.717) is 23.4 Å². The number of piperidine rings is 1. The van der Waals surface area contributed by atoms with Gasteiger partial charge in [-0.2, -0.15) is 0 Å². The molecule has 2 aromatic carbocycles. The lowest BCUT2D eigenvalue weighted by Gasteiger charge is -2.29. The quantitative estimate of drug-likeness (QED) is 0.535. The molecule has 0 aliphatic carbocycles. The molecule has 1 unspecified atom stereocenters. The summed E-state index contributed by atoms with van der Waals surface area (Å²) in [6, 6.07) is 12.2. The number of benzene rings is 2. The predicted octanol–water partition coefficient (Wildman–Crippen LogP) is 3.52. The fourth-order valence-electron chi connectivity index (χ4n) is 4.36. The maximum atomic E-state index is 12.8. The van der Waals surface area contributed by atoms with Crippen molar-refractivity contribution < 1.29 is 19.2 Å². The molecular formula is C25H26N4O4. The minimum Gasteiger partial charge on any atom is -0.350 e. The molecule has 3 heterocycles. The van der Waals surface area contributed by atoms with Crippen molar-refractivity contribution in [1.82, 2.24) is 15.2 Å². The summed E-state index contributed by atoms with van der Waals surface area (Å²) in [4.78, 5) is 53.9. The molecule has 8 heteroatoms. The molecule has 3 aromatic rings. The lowest BCUT2D eigenvalue weighted by molar-refractivity contribution is -0.136. The maximum absolute atomic E-state index is 12.8. The third kappa shape index (κ3) is 4.00. The van der Waals surface area contributed by atoms with Crippen LogP contribution < -0.4 is 10.6 Å². The van der Waals surface area contributed by atoms with Gasteiger partial charge in [-0.05, 0) is 48.7 Å². The third-order valence-electron chi connectivity index (χ3n) is 5.97. The summed E-state index contributed by atoms with van der Waals surface area (Å²) in [7, 11) is 0. The fraction of sp³-hybridized carbons (Fsp3) is 0.280. The third-order valence-corrected chi connectivity index (χ3v) is 5.97. The number of nitrogens with zero attached hydrogens (tertiary/aromatic N) is 1. The maximum Gasteiger partial charge on any atom is 0.272 e. The van der Waals surface area contributed by atoms with Crippen LogP contribution in [-0.4, -0.2) is 39.6 Å². The smallest absolute Gasteiger partial charge is 0.272 e. The number of carbonyl (C=O) groups excluding carboxylic acids is 4. The van der Waals surface area contributed by atoms with E-state index in [0.717, 1.165) is 22.0 Å². The van der Waals surface area contributed by atoms with Gasteiger partial charge in [0, 0.05) is 35.1 Å². The Morgan fingerprint density at radius 3 is 2.58 bits per heavy atom. The Hall–Kier alpha value is -3.94. The van der Waals surface area contributed by atoms with Crippen LogP contribution in [0.1, 0.15) is 58.7 Å². The number of nitrogens with one attached hydrogen (secondary N) is 3. The van der Waals surface area contributed by atoms with E-state index in [4.69, 9.17) is 0 Å². The molecule has 8 nitrogen and oxygen atoms in total. The summed E-state index contributed by atoms with van der Waals surface area (Å²) < 4.78 is 0. The highest BCUT2D eigenvalue weighted by atomic mass is 16.2. The number of aryl methyl sites for hydroxylation is 1. The zero-order valence-electron chi connectivity index (χ0n) is 18.8. The summed E-state index contributed by atoms with van der Waals surface area (Å²) in [5.41, 5.74) is 4.06. The highest BCUT2D eigenvalue weighted by Gasteiger charge is 2.39. The number of hydrogen-bond donors (Lipinski definition) is 3. The average Bonchev–Trinajstić information content (AvgIpc) is 3.32. The highest BCUT2D eigenvalue weighted by Crippen LogP contribution is 2.30. The monoisotopic (exact) mass is 446 g/mol. The van der Waals surface area contributed by atoms with Crippen LogP contribution in [0, 0.1) is 6.92 Å². The summed E-state index contributed by atoms with van der Waals surface area (Å²) in [6.07, 6.45) is 0.523. The van der Waals surface area contributed by atoms with Crippen LogP contribution in [0.4, 0.5) is 5.69 Å². The summed E-state index contributed by atoms with van der Waals surface area (Å²) >= 11 is 0. The second-order valence-corrected chi connectivity index (χ2v) is 7.90. The van der Waals surface area contributed by atoms with Gasteiger partial charge in [-0.3, -0.25) is 24.5 Å². The number of hydrogen-bond acceptors (Lipinski definition) is 4. The Balaban J connectivity index is 0.00000126. The van der Waals surface area contributed by atoms with Gasteiger partial charge in [-0.25, -0.2) is 0 Å². The van der Waals surface area contributed by atoms with Crippen LogP contribution in [0.5, 0.6) is 0 Å². The van der Waals surface area contributed by atoms with Crippen molar-refractivity contribution in [3.05, 3.63) is 64.8 Å². The van der Waals surface area contributed by atoms with Gasteiger partial charge in [0.15, 0.2) is 0 Å². The molecule has 0 saturated carbocycles. The topological polar surface area (TPSA) is 111 Å². The molecular weight excluding hydrogens is 420 g/mol. The first kappa shape index (κ1) is 22.3. The molecule has 2 aliphatic heterocycles. The van der Waals surface area contributed by atoms with Crippen LogP contribution in [0.25, 0.3) is 10.9 Å². The molecule has 1 saturated heterocycles. The first-order valence-electron chi connectivity index (χ1n) is 11.1. The van der Waals surface area contributed by atoms with E-state index in [1.165, 1.54) is 4.90 Å². The molecule has 2 aliphatic rings. The van der Waals surface area contributed by atoms with Crippen molar-refractivity contribution in [1.29, 1.82) is 0 Å². The van der Waals surface area contributed by atoms with Gasteiger partial charge in [0.25, 0.3) is 11.8 Å². The number of anilines is 1. The molecule has 1 fully saturated rings. The summed E-state index contributed by atoms with van der Waals surface area (Å²) in [5, 5.41) is 6.18. The number of aromatic amines is 1. The minimum atomic E-state index is -0.662. The molecule has 4 amide bonds. The Labute approximate surface area is 191 Å². The number of rotatable bonds is 3. The van der Waals surface area contributed by atoms with Crippen LogP contribution >= 0.6 is 0 Å². The summed E-state index contributed by atoms with van der Waals surface area (Å²) in [6.45, 7) is 6.16. The molecule has 1 aromatic heterocycles. The number of para-hydroxylation sites is 1. The molecule has 0 bridgehead atoms. The first-order chi connectivity index (χ1) is 15.9. The van der Waals surface area contributed by atoms with Crippen LogP contribution in [0.2, 0.25) is 0 Å². The molecule has 1 atom stereocenters. The molecule has 0 radical (unpaired) electrons. The van der Waals surface area contributed by atoms with E-state index in [1.807, 2.05) is 45.0 Å². The van der Waals surface area contributed by atoms with Crippen molar-refractivity contribution in [2.45, 2.75) is 46.2 Å². The fourth-order valence-corrected chi connectivity index (χ4v) is 4.36. The Bertz CT molecular complexity index is 1280. The molecule has 5 rings (SSSR count). The summed E-state index contributed by atoms with van der Waals surface area (Å²) in [5.74, 6) is -1.27. The standard InChI is InChI=1S/C23H20N4O4.C2H6/c1-12-15-4-2-3-5-17(15)25-20(12)22(30)24-14-6-7-16-13(10-14)11-27(23(16)31)18-8-9-19(28)26-21(18)29;1-2/h2-7,10,18,25H,8-9,11H2,1H3,(H,24,30)(H,26,28,29);1-2H3. The first-order valence-corrected chi connectivity index (χ1v) is 11.1. The van der Waals surface area contributed by atoms with Gasteiger partial charge in [-0.1, -0.05) is 32.0 Å². The number of aromatic nitrogens is 1. The Kier molecular flexibility index (Phi) is 6.00. The van der Waals surface area contributed by atoms with Gasteiger partial charge >= 0.3 is 0 Å². The number of carbonyl (C=O) groups is 4. The van der Waals surface area contributed by atoms with Gasteiger partial charge in [0.1, 0.15) is 11.7 Å². The predicted molar refractivity (Wildman–Crippen MR) is 125 cm³/mol. The zero-order valence-corrected chi connectivity index (χ0v) is 18.8. The van der Waals surface area contributed by atoms with Gasteiger partial charge < -0.3 is 15.2 Å². The van der Waals surface area contributed by atoms with Crippen molar-refractivity contribution in [2.24, 2.45) is 0 Å².